The van der Waals surface area contributed by atoms with Crippen LogP contribution in [0.3, 0.4) is 0 Å². The monoisotopic (exact) mass is 652 g/mol. The van der Waals surface area contributed by atoms with Crippen molar-refractivity contribution >= 4 is 20.2 Å². The van der Waals surface area contributed by atoms with Crippen molar-refractivity contribution in [3.05, 3.63) is 131 Å². The van der Waals surface area contributed by atoms with Gasteiger partial charge in [0, 0.05) is 16.7 Å². The van der Waals surface area contributed by atoms with Crippen LogP contribution in [0.4, 0.5) is 13.2 Å². The second kappa shape index (κ2) is 12.1. The van der Waals surface area contributed by atoms with Crippen LogP contribution in [0, 0.1) is 20.8 Å². The van der Waals surface area contributed by atoms with Crippen molar-refractivity contribution in [3.63, 3.8) is 0 Å². The summed E-state index contributed by atoms with van der Waals surface area (Å²) in [6.45, 7) is 4.85. The van der Waals surface area contributed by atoms with Crippen molar-refractivity contribution in [1.82, 2.24) is 0 Å². The lowest BCUT2D eigenvalue weighted by atomic mass is 9.87. The molecule has 6 nitrogen and oxygen atoms in total. The highest BCUT2D eigenvalue weighted by molar-refractivity contribution is 7.87. The number of hydrogen-bond acceptors (Lipinski definition) is 6. The number of aryl methyl sites for hydroxylation is 3. The van der Waals surface area contributed by atoms with E-state index in [1.54, 1.807) is 38.1 Å². The minimum Gasteiger partial charge on any atom is -0.378 e. The molecular weight excluding hydrogens is 625 g/mol. The highest BCUT2D eigenvalue weighted by Crippen LogP contribution is 2.49. The van der Waals surface area contributed by atoms with Crippen LogP contribution in [-0.4, -0.2) is 16.8 Å². The highest BCUT2D eigenvalue weighted by atomic mass is 32.2. The Morgan fingerprint density at radius 1 is 0.511 bits per heavy atom. The number of rotatable bonds is 8. The van der Waals surface area contributed by atoms with Crippen LogP contribution in [-0.2, 0) is 26.4 Å². The molecule has 0 aliphatic rings. The second-order valence-electron chi connectivity index (χ2n) is 10.4. The van der Waals surface area contributed by atoms with Crippen molar-refractivity contribution in [2.24, 2.45) is 0 Å². The Bertz CT molecular complexity index is 2090. The third-order valence-corrected chi connectivity index (χ3v) is 9.55. The average Bonchev–Trinajstić information content (AvgIpc) is 2.97. The maximum absolute atomic E-state index is 14.8. The molecule has 5 aromatic carbocycles. The number of alkyl halides is 3. The molecule has 0 bridgehead atoms. The average molecular weight is 653 g/mol. The van der Waals surface area contributed by atoms with E-state index in [0.29, 0.717) is 0 Å². The van der Waals surface area contributed by atoms with Gasteiger partial charge >= 0.3 is 26.4 Å². The number of benzene rings is 5. The van der Waals surface area contributed by atoms with Crippen LogP contribution in [0.5, 0.6) is 11.5 Å². The molecule has 5 rings (SSSR count). The van der Waals surface area contributed by atoms with Crippen LogP contribution in [0.15, 0.2) is 119 Å². The van der Waals surface area contributed by atoms with Gasteiger partial charge in [0.05, 0.1) is 5.56 Å². The summed E-state index contributed by atoms with van der Waals surface area (Å²) >= 11 is 0. The van der Waals surface area contributed by atoms with Gasteiger partial charge < -0.3 is 8.37 Å². The predicted octanol–water partition coefficient (Wildman–Crippen LogP) is 8.50. The van der Waals surface area contributed by atoms with Crippen LogP contribution in [0.25, 0.3) is 22.3 Å². The Morgan fingerprint density at radius 2 is 0.933 bits per heavy atom. The first kappa shape index (κ1) is 31.8. The van der Waals surface area contributed by atoms with Crippen LogP contribution >= 0.6 is 0 Å². The van der Waals surface area contributed by atoms with E-state index in [2.05, 4.69) is 0 Å². The first-order valence-corrected chi connectivity index (χ1v) is 16.4. The normalized spacial score (nSPS) is 12.1. The fourth-order valence-corrected chi connectivity index (χ4v) is 6.72. The summed E-state index contributed by atoms with van der Waals surface area (Å²) in [6, 6.07) is 25.7. The third kappa shape index (κ3) is 6.74. The van der Waals surface area contributed by atoms with E-state index in [1.807, 2.05) is 0 Å². The third-order valence-electron chi connectivity index (χ3n) is 7.05. The highest BCUT2D eigenvalue weighted by Gasteiger charge is 2.38. The van der Waals surface area contributed by atoms with E-state index < -0.39 is 37.5 Å². The Hall–Kier alpha value is -4.61. The summed E-state index contributed by atoms with van der Waals surface area (Å²) < 4.78 is 108. The molecule has 5 aromatic rings. The van der Waals surface area contributed by atoms with E-state index >= 15 is 0 Å². The minimum absolute atomic E-state index is 0.0323. The zero-order valence-corrected chi connectivity index (χ0v) is 25.9. The molecule has 0 aliphatic carbocycles. The summed E-state index contributed by atoms with van der Waals surface area (Å²) in [6.07, 6.45) is -4.89. The molecule has 0 fully saturated rings. The minimum atomic E-state index is -4.89. The quantitative estimate of drug-likeness (QED) is 0.156. The Balaban J connectivity index is 1.72. The van der Waals surface area contributed by atoms with Gasteiger partial charge in [-0.25, -0.2) is 0 Å². The molecule has 0 saturated carbocycles. The van der Waals surface area contributed by atoms with E-state index in [-0.39, 0.29) is 43.5 Å². The Labute approximate surface area is 260 Å². The zero-order chi connectivity index (χ0) is 32.6. The van der Waals surface area contributed by atoms with Gasteiger partial charge in [-0.2, -0.15) is 30.0 Å². The molecule has 0 saturated heterocycles. The molecule has 232 valence electrons. The predicted molar refractivity (Wildman–Crippen MR) is 165 cm³/mol. The van der Waals surface area contributed by atoms with Gasteiger partial charge in [0.25, 0.3) is 0 Å². The first-order chi connectivity index (χ1) is 21.2. The van der Waals surface area contributed by atoms with Gasteiger partial charge in [-0.1, -0.05) is 83.9 Å². The van der Waals surface area contributed by atoms with Gasteiger partial charge in [-0.05, 0) is 68.3 Å². The van der Waals surface area contributed by atoms with Gasteiger partial charge in [0.1, 0.15) is 9.79 Å². The van der Waals surface area contributed by atoms with Crippen LogP contribution < -0.4 is 8.37 Å². The van der Waals surface area contributed by atoms with Crippen molar-refractivity contribution in [1.29, 1.82) is 0 Å². The standard InChI is InChI=1S/C34H27F3O6S2/c1-22-12-17-25(18-13-22)44(38,39)42-30-10-6-4-8-27(30)28-21-16-24(3)33(34(35,36)37)32(28)29-9-5-7-11-31(29)43-45(40,41)26-19-14-23(2)15-20-26/h4-21H,1-3H3. The zero-order valence-electron chi connectivity index (χ0n) is 24.3. The maximum atomic E-state index is 14.8. The van der Waals surface area contributed by atoms with Crippen molar-refractivity contribution in [2.75, 3.05) is 0 Å². The van der Waals surface area contributed by atoms with E-state index in [1.165, 1.54) is 91.9 Å². The lowest BCUT2D eigenvalue weighted by Crippen LogP contribution is -2.14. The van der Waals surface area contributed by atoms with Crippen molar-refractivity contribution in [2.45, 2.75) is 36.7 Å². The summed E-state index contributed by atoms with van der Waals surface area (Å²) in [5.41, 5.74) is -0.141. The molecule has 0 heterocycles. The van der Waals surface area contributed by atoms with Crippen molar-refractivity contribution in [3.8, 4) is 33.8 Å². The topological polar surface area (TPSA) is 86.7 Å². The fourth-order valence-electron chi connectivity index (χ4n) is 4.83. The largest absolute Gasteiger partial charge is 0.417 e. The smallest absolute Gasteiger partial charge is 0.378 e. The van der Waals surface area contributed by atoms with Gasteiger partial charge in [0.2, 0.25) is 0 Å². The molecule has 0 radical (unpaired) electrons. The number of halogens is 3. The lowest BCUT2D eigenvalue weighted by molar-refractivity contribution is -0.137. The van der Waals surface area contributed by atoms with Crippen LogP contribution in [0.1, 0.15) is 22.3 Å². The number of hydrogen-bond donors (Lipinski definition) is 0. The summed E-state index contributed by atoms with van der Waals surface area (Å²) in [5.74, 6) is -0.567. The van der Waals surface area contributed by atoms with Gasteiger partial charge in [-0.3, -0.25) is 0 Å². The summed E-state index contributed by atoms with van der Waals surface area (Å²) in [7, 11) is -8.82. The molecular formula is C34H27F3O6S2. The fraction of sp³-hybridized carbons (Fsp3) is 0.118. The molecule has 45 heavy (non-hydrogen) atoms. The second-order valence-corrected chi connectivity index (χ2v) is 13.5. The SMILES string of the molecule is Cc1ccc(S(=O)(=O)Oc2ccccc2-c2ccc(C)c(C(F)(F)F)c2-c2ccccc2OS(=O)(=O)c2ccc(C)cc2)cc1. The van der Waals surface area contributed by atoms with Gasteiger partial charge in [0.15, 0.2) is 11.5 Å². The lowest BCUT2D eigenvalue weighted by Gasteiger charge is -2.22. The first-order valence-electron chi connectivity index (χ1n) is 13.6. The molecule has 0 unspecified atom stereocenters. The molecule has 0 aliphatic heterocycles. The Kier molecular flexibility index (Phi) is 8.52. The van der Waals surface area contributed by atoms with E-state index in [4.69, 9.17) is 8.37 Å². The maximum Gasteiger partial charge on any atom is 0.417 e. The van der Waals surface area contributed by atoms with Gasteiger partial charge in [-0.15, -0.1) is 0 Å². The molecule has 0 spiro atoms. The summed E-state index contributed by atoms with van der Waals surface area (Å²) in [5, 5.41) is 0. The van der Waals surface area contributed by atoms with E-state index in [9.17, 15) is 30.0 Å². The summed E-state index contributed by atoms with van der Waals surface area (Å²) in [4.78, 5) is -0.313. The number of para-hydroxylation sites is 2. The molecule has 0 aromatic heterocycles. The van der Waals surface area contributed by atoms with E-state index in [0.717, 1.165) is 11.1 Å². The molecule has 0 amide bonds. The molecule has 0 atom stereocenters. The molecule has 0 N–H and O–H groups in total. The van der Waals surface area contributed by atoms with Crippen molar-refractivity contribution < 1.29 is 38.4 Å². The van der Waals surface area contributed by atoms with Crippen LogP contribution in [0.2, 0.25) is 0 Å². The molecule has 11 heteroatoms. The Morgan fingerprint density at radius 3 is 1.40 bits per heavy atom.